The van der Waals surface area contributed by atoms with Crippen LogP contribution in [-0.2, 0) is 19.1 Å². The predicted octanol–water partition coefficient (Wildman–Crippen LogP) is 1.23. The van der Waals surface area contributed by atoms with Crippen LogP contribution in [0.25, 0.3) is 5.57 Å². The van der Waals surface area contributed by atoms with E-state index in [0.717, 1.165) is 0 Å². The molecule has 6 unspecified atom stereocenters. The van der Waals surface area contributed by atoms with Gasteiger partial charge in [0, 0.05) is 29.5 Å². The maximum absolute atomic E-state index is 14.4. The number of ketones is 2. The number of phenols is 1. The smallest absolute Gasteiger partial charge is 0.331 e. The number of aromatic hydroxyl groups is 1. The number of amides is 1. The molecule has 0 bridgehead atoms. The number of primary amides is 1. The summed E-state index contributed by atoms with van der Waals surface area (Å²) in [6.07, 6.45) is -5.48. The molecule has 2 saturated heterocycles. The molecule has 0 spiro atoms. The highest BCUT2D eigenvalue weighted by atomic mass is 16.7. The number of carbonyl (C=O) groups is 4. The lowest BCUT2D eigenvalue weighted by molar-refractivity contribution is -0.216. The molecule has 3 aliphatic heterocycles. The normalized spacial score (nSPS) is 28.5. The van der Waals surface area contributed by atoms with Crippen LogP contribution in [0.4, 0.5) is 0 Å². The van der Waals surface area contributed by atoms with Crippen LogP contribution in [-0.4, -0.2) is 74.3 Å². The van der Waals surface area contributed by atoms with Crippen LogP contribution in [0.1, 0.15) is 69.8 Å². The number of aryl methyl sites for hydroxylation is 1. The highest BCUT2D eigenvalue weighted by Crippen LogP contribution is 2.52. The molecule has 0 aromatic heterocycles. The van der Waals surface area contributed by atoms with Crippen molar-refractivity contribution in [1.29, 1.82) is 0 Å². The SMILES string of the molecule is Cc1cc(O)c2c(c1)C1OC(=O)C(CCC(N)=O)N1C1=C2C(=O)c2cccc(OC3CC(O)C(O)C(C)O3)c2C1=O. The van der Waals surface area contributed by atoms with Crippen molar-refractivity contribution in [2.75, 3.05) is 0 Å². The highest BCUT2D eigenvalue weighted by Gasteiger charge is 2.54. The molecule has 5 N–H and O–H groups in total. The Labute approximate surface area is 233 Å². The van der Waals surface area contributed by atoms with Gasteiger partial charge in [-0.3, -0.25) is 14.4 Å². The van der Waals surface area contributed by atoms with E-state index < -0.39 is 60.3 Å². The van der Waals surface area contributed by atoms with Gasteiger partial charge in [-0.25, -0.2) is 4.79 Å². The van der Waals surface area contributed by atoms with Crippen molar-refractivity contribution >= 4 is 29.0 Å². The summed E-state index contributed by atoms with van der Waals surface area (Å²) in [6, 6.07) is 6.50. The lowest BCUT2D eigenvalue weighted by atomic mass is 9.78. The van der Waals surface area contributed by atoms with Crippen molar-refractivity contribution in [3.05, 3.63) is 63.8 Å². The Morgan fingerprint density at radius 2 is 1.90 bits per heavy atom. The quantitative estimate of drug-likeness (QED) is 0.383. The zero-order valence-corrected chi connectivity index (χ0v) is 22.2. The Hall–Kier alpha value is -4.26. The van der Waals surface area contributed by atoms with E-state index in [-0.39, 0.29) is 58.7 Å². The second kappa shape index (κ2) is 9.68. The molecule has 12 heteroatoms. The van der Waals surface area contributed by atoms with Crippen LogP contribution >= 0.6 is 0 Å². The van der Waals surface area contributed by atoms with E-state index in [1.165, 1.54) is 29.2 Å². The first-order chi connectivity index (χ1) is 19.5. The van der Waals surface area contributed by atoms with Gasteiger partial charge in [-0.15, -0.1) is 0 Å². The maximum atomic E-state index is 14.4. The zero-order chi connectivity index (χ0) is 29.3. The lowest BCUT2D eigenvalue weighted by Crippen LogP contribution is -2.48. The van der Waals surface area contributed by atoms with Gasteiger partial charge in [-0.2, -0.15) is 0 Å². The summed E-state index contributed by atoms with van der Waals surface area (Å²) in [5.74, 6) is -2.85. The summed E-state index contributed by atoms with van der Waals surface area (Å²) in [5, 5.41) is 31.2. The van der Waals surface area contributed by atoms with E-state index in [1.54, 1.807) is 19.9 Å². The minimum absolute atomic E-state index is 0.00351. The van der Waals surface area contributed by atoms with Crippen molar-refractivity contribution in [3.8, 4) is 11.5 Å². The van der Waals surface area contributed by atoms with E-state index in [1.807, 2.05) is 0 Å². The number of Topliss-reactive ketones (excluding diaryl/α,β-unsaturated/α-hetero) is 2. The predicted molar refractivity (Wildman–Crippen MR) is 139 cm³/mol. The number of fused-ring (bicyclic) bond motifs is 6. The molecular weight excluding hydrogens is 536 g/mol. The molecule has 12 nitrogen and oxygen atoms in total. The van der Waals surface area contributed by atoms with Gasteiger partial charge < -0.3 is 40.2 Å². The molecule has 0 saturated carbocycles. The molecule has 1 aliphatic carbocycles. The Kier molecular flexibility index (Phi) is 6.36. The molecule has 2 aromatic rings. The summed E-state index contributed by atoms with van der Waals surface area (Å²) in [5.41, 5.74) is 6.08. The van der Waals surface area contributed by atoms with Crippen LogP contribution in [0.5, 0.6) is 11.5 Å². The number of nitrogens with zero attached hydrogens (tertiary/aromatic N) is 1. The molecule has 214 valence electrons. The van der Waals surface area contributed by atoms with Gasteiger partial charge in [0.25, 0.3) is 0 Å². The van der Waals surface area contributed by atoms with E-state index in [2.05, 4.69) is 0 Å². The van der Waals surface area contributed by atoms with Gasteiger partial charge in [0.15, 0.2) is 5.78 Å². The standard InChI is InChI=1S/C29H28N2O10/c1-11-8-14-21(16(32)9-11)23-24(31-15(6-7-19(30)34)29(38)41-28(14)31)27(37)22-13(26(23)36)4-3-5-18(22)40-20-10-17(33)25(35)12(2)39-20/h3-5,8-9,12,15,17,20,25,28,32-33,35H,6-7,10H2,1-2H3,(H2,30,34). The van der Waals surface area contributed by atoms with Crippen LogP contribution in [0.3, 0.4) is 0 Å². The average Bonchev–Trinajstić information content (AvgIpc) is 3.24. The molecule has 1 amide bonds. The van der Waals surface area contributed by atoms with Gasteiger partial charge in [0.2, 0.25) is 24.2 Å². The lowest BCUT2D eigenvalue weighted by Gasteiger charge is -2.39. The van der Waals surface area contributed by atoms with Crippen LogP contribution in [0.2, 0.25) is 0 Å². The first kappa shape index (κ1) is 26.9. The first-order valence-electron chi connectivity index (χ1n) is 13.2. The Bertz CT molecular complexity index is 1540. The molecule has 2 fully saturated rings. The third kappa shape index (κ3) is 4.17. The second-order valence-corrected chi connectivity index (χ2v) is 10.7. The van der Waals surface area contributed by atoms with Crippen LogP contribution < -0.4 is 10.5 Å². The van der Waals surface area contributed by atoms with Gasteiger partial charge in [-0.1, -0.05) is 12.1 Å². The van der Waals surface area contributed by atoms with Crippen LogP contribution in [0, 0.1) is 6.92 Å². The fourth-order valence-electron chi connectivity index (χ4n) is 6.05. The summed E-state index contributed by atoms with van der Waals surface area (Å²) >= 11 is 0. The van der Waals surface area contributed by atoms with Gasteiger partial charge in [0.1, 0.15) is 29.3 Å². The Morgan fingerprint density at radius 1 is 1.15 bits per heavy atom. The molecule has 0 radical (unpaired) electrons. The van der Waals surface area contributed by atoms with Gasteiger partial charge in [-0.05, 0) is 44.0 Å². The van der Waals surface area contributed by atoms with E-state index in [9.17, 15) is 34.5 Å². The number of phenolic OH excluding ortho intramolecular Hbond substituents is 1. The third-order valence-electron chi connectivity index (χ3n) is 7.93. The topological polar surface area (TPSA) is 186 Å². The average molecular weight is 565 g/mol. The van der Waals surface area contributed by atoms with Crippen molar-refractivity contribution in [2.45, 2.75) is 70.0 Å². The van der Waals surface area contributed by atoms with E-state index in [0.29, 0.717) is 11.1 Å². The number of carbonyl (C=O) groups excluding carboxylic acids is 4. The second-order valence-electron chi connectivity index (χ2n) is 10.7. The number of benzene rings is 2. The van der Waals surface area contributed by atoms with E-state index >= 15 is 0 Å². The minimum Gasteiger partial charge on any atom is -0.507 e. The van der Waals surface area contributed by atoms with Gasteiger partial charge in [0.05, 0.1) is 23.3 Å². The van der Waals surface area contributed by atoms with Crippen LogP contribution in [0.15, 0.2) is 36.0 Å². The number of ether oxygens (including phenoxy) is 3. The molecule has 3 heterocycles. The molecule has 41 heavy (non-hydrogen) atoms. The monoisotopic (exact) mass is 564 g/mol. The van der Waals surface area contributed by atoms with Crippen molar-refractivity contribution < 1.29 is 48.7 Å². The number of rotatable bonds is 5. The molecule has 4 aliphatic rings. The molecule has 6 rings (SSSR count). The third-order valence-corrected chi connectivity index (χ3v) is 7.93. The number of aliphatic hydroxyl groups is 2. The molecule has 6 atom stereocenters. The number of aliphatic hydroxyl groups excluding tert-OH is 2. The molecule has 2 aromatic carbocycles. The van der Waals surface area contributed by atoms with Crippen molar-refractivity contribution in [2.24, 2.45) is 5.73 Å². The van der Waals surface area contributed by atoms with Crippen molar-refractivity contribution in [3.63, 3.8) is 0 Å². The minimum atomic E-state index is -1.13. The number of hydrogen-bond donors (Lipinski definition) is 4. The summed E-state index contributed by atoms with van der Waals surface area (Å²) in [7, 11) is 0. The summed E-state index contributed by atoms with van der Waals surface area (Å²) in [4.78, 5) is 54.5. The maximum Gasteiger partial charge on any atom is 0.331 e. The van der Waals surface area contributed by atoms with Crippen molar-refractivity contribution in [1.82, 2.24) is 4.90 Å². The number of hydrogen-bond acceptors (Lipinski definition) is 11. The number of esters is 1. The fraction of sp³-hybridized carbons (Fsp3) is 0.379. The number of nitrogens with two attached hydrogens (primary N) is 1. The summed E-state index contributed by atoms with van der Waals surface area (Å²) < 4.78 is 17.3. The summed E-state index contributed by atoms with van der Waals surface area (Å²) in [6.45, 7) is 3.30. The fourth-order valence-corrected chi connectivity index (χ4v) is 6.05. The number of allylic oxidation sites excluding steroid dienone is 2. The largest absolute Gasteiger partial charge is 0.507 e. The Morgan fingerprint density at radius 3 is 2.61 bits per heavy atom. The zero-order valence-electron chi connectivity index (χ0n) is 22.2. The Balaban J connectivity index is 1.50. The first-order valence-corrected chi connectivity index (χ1v) is 13.2. The van der Waals surface area contributed by atoms with Gasteiger partial charge >= 0.3 is 5.97 Å². The molecular formula is C29H28N2O10. The van der Waals surface area contributed by atoms with E-state index in [4.69, 9.17) is 19.9 Å². The highest BCUT2D eigenvalue weighted by molar-refractivity contribution is 6.41.